The molecule has 0 heteroatoms. The maximum atomic E-state index is 2.46. The van der Waals surface area contributed by atoms with Gasteiger partial charge in [-0.15, -0.1) is 0 Å². The summed E-state index contributed by atoms with van der Waals surface area (Å²) in [5.41, 5.74) is 15.4. The molecular formula is C31H28. The molecule has 2 aliphatic carbocycles. The lowest BCUT2D eigenvalue weighted by molar-refractivity contribution is 0.660. The van der Waals surface area contributed by atoms with Crippen LogP contribution in [-0.2, 0) is 10.8 Å². The Balaban J connectivity index is 1.56. The number of hydrogen-bond donors (Lipinski definition) is 0. The highest BCUT2D eigenvalue weighted by Crippen LogP contribution is 2.52. The third kappa shape index (κ3) is 2.36. The molecule has 0 amide bonds. The monoisotopic (exact) mass is 400 g/mol. The van der Waals surface area contributed by atoms with Crippen LogP contribution in [0.15, 0.2) is 78.9 Å². The topological polar surface area (TPSA) is 0 Å². The van der Waals surface area contributed by atoms with Gasteiger partial charge in [0.05, 0.1) is 0 Å². The van der Waals surface area contributed by atoms with Crippen molar-refractivity contribution in [3.63, 3.8) is 0 Å². The molecule has 0 N–H and O–H groups in total. The van der Waals surface area contributed by atoms with Crippen molar-refractivity contribution in [2.45, 2.75) is 45.4 Å². The van der Waals surface area contributed by atoms with E-state index in [1.165, 1.54) is 61.2 Å². The molecule has 0 unspecified atom stereocenters. The van der Waals surface area contributed by atoms with Crippen LogP contribution in [0.5, 0.6) is 0 Å². The molecule has 0 fully saturated rings. The summed E-state index contributed by atoms with van der Waals surface area (Å²) in [4.78, 5) is 0. The first-order valence-electron chi connectivity index (χ1n) is 11.3. The minimum Gasteiger partial charge on any atom is -0.0619 e. The van der Waals surface area contributed by atoms with Gasteiger partial charge >= 0.3 is 0 Å². The third-order valence-electron chi connectivity index (χ3n) is 7.82. The summed E-state index contributed by atoms with van der Waals surface area (Å²) in [5, 5.41) is 0. The smallest absolute Gasteiger partial charge is 0.0159 e. The van der Waals surface area contributed by atoms with Gasteiger partial charge in [-0.05, 0) is 80.3 Å². The Kier molecular flexibility index (Phi) is 3.59. The minimum absolute atomic E-state index is 0.0275. The zero-order valence-corrected chi connectivity index (χ0v) is 19.0. The molecule has 6 rings (SSSR count). The van der Waals surface area contributed by atoms with E-state index < -0.39 is 0 Å². The van der Waals surface area contributed by atoms with E-state index in [4.69, 9.17) is 0 Å². The molecule has 31 heavy (non-hydrogen) atoms. The zero-order valence-electron chi connectivity index (χ0n) is 19.0. The lowest BCUT2D eigenvalue weighted by Crippen LogP contribution is -2.15. The highest BCUT2D eigenvalue weighted by Gasteiger charge is 2.37. The Morgan fingerprint density at radius 2 is 0.968 bits per heavy atom. The number of rotatable bonds is 1. The van der Waals surface area contributed by atoms with Crippen LogP contribution in [0.2, 0.25) is 0 Å². The number of fused-ring (bicyclic) bond motifs is 6. The van der Waals surface area contributed by atoms with Crippen molar-refractivity contribution < 1.29 is 0 Å². The fraction of sp³-hybridized carbons (Fsp3) is 0.226. The molecule has 0 spiro atoms. The van der Waals surface area contributed by atoms with Gasteiger partial charge in [0.15, 0.2) is 0 Å². The van der Waals surface area contributed by atoms with Crippen molar-refractivity contribution in [1.29, 1.82) is 0 Å². The molecule has 0 bridgehead atoms. The first-order chi connectivity index (χ1) is 14.8. The zero-order chi connectivity index (χ0) is 21.5. The maximum Gasteiger partial charge on any atom is 0.0159 e. The van der Waals surface area contributed by atoms with Crippen molar-refractivity contribution in [2.24, 2.45) is 0 Å². The molecule has 0 nitrogen and oxygen atoms in total. The van der Waals surface area contributed by atoms with Gasteiger partial charge in [-0.25, -0.2) is 0 Å². The standard InChI is InChI=1S/C31H28/c1-19-16-24-21-10-6-9-13-27(21)31(4,5)29(24)18-23(19)20-14-15-28-25(17-20)22-11-7-8-12-26(22)30(28,2)3/h6-18H,1-5H3. The Labute approximate surface area is 185 Å². The summed E-state index contributed by atoms with van der Waals surface area (Å²) < 4.78 is 0. The van der Waals surface area contributed by atoms with Crippen molar-refractivity contribution in [1.82, 2.24) is 0 Å². The fourth-order valence-corrected chi connectivity index (χ4v) is 6.05. The quantitative estimate of drug-likeness (QED) is 0.301. The predicted octanol–water partition coefficient (Wildman–Crippen LogP) is 8.27. The first kappa shape index (κ1) is 18.6. The van der Waals surface area contributed by atoms with E-state index in [1.807, 2.05) is 0 Å². The van der Waals surface area contributed by atoms with E-state index in [0.29, 0.717) is 0 Å². The van der Waals surface area contributed by atoms with Crippen molar-refractivity contribution in [3.05, 3.63) is 107 Å². The molecule has 152 valence electrons. The van der Waals surface area contributed by atoms with Gasteiger partial charge in [-0.1, -0.05) is 94.4 Å². The van der Waals surface area contributed by atoms with E-state index in [0.717, 1.165) is 0 Å². The second-order valence-electron chi connectivity index (χ2n) is 10.3. The Morgan fingerprint density at radius 3 is 1.61 bits per heavy atom. The average molecular weight is 401 g/mol. The summed E-state index contributed by atoms with van der Waals surface area (Å²) in [6.45, 7) is 11.7. The number of aryl methyl sites for hydroxylation is 1. The van der Waals surface area contributed by atoms with Crippen LogP contribution >= 0.6 is 0 Å². The van der Waals surface area contributed by atoms with Crippen molar-refractivity contribution >= 4 is 0 Å². The van der Waals surface area contributed by atoms with Crippen LogP contribution in [-0.4, -0.2) is 0 Å². The summed E-state index contributed by atoms with van der Waals surface area (Å²) in [6.07, 6.45) is 0. The SMILES string of the molecule is Cc1cc2c(cc1-c1ccc3c(c1)-c1ccccc1C3(C)C)C(C)(C)c1ccccc1-2. The molecule has 0 atom stereocenters. The average Bonchev–Trinajstić information content (AvgIpc) is 3.13. The van der Waals surface area contributed by atoms with Gasteiger partial charge in [0.1, 0.15) is 0 Å². The Bertz CT molecular complexity index is 1380. The van der Waals surface area contributed by atoms with Crippen LogP contribution < -0.4 is 0 Å². The molecule has 4 aromatic carbocycles. The summed E-state index contributed by atoms with van der Waals surface area (Å²) >= 11 is 0. The highest BCUT2D eigenvalue weighted by atomic mass is 14.4. The fourth-order valence-electron chi connectivity index (χ4n) is 6.05. The molecule has 2 aliphatic rings. The molecule has 0 aliphatic heterocycles. The van der Waals surface area contributed by atoms with Crippen LogP contribution in [0.25, 0.3) is 33.4 Å². The Hall–Kier alpha value is -3.12. The summed E-state index contributed by atoms with van der Waals surface area (Å²) in [6, 6.07) is 29.8. The van der Waals surface area contributed by atoms with Crippen molar-refractivity contribution in [2.75, 3.05) is 0 Å². The summed E-state index contributed by atoms with van der Waals surface area (Å²) in [5.74, 6) is 0. The van der Waals surface area contributed by atoms with Crippen molar-refractivity contribution in [3.8, 4) is 33.4 Å². The van der Waals surface area contributed by atoms with Gasteiger partial charge in [0.25, 0.3) is 0 Å². The summed E-state index contributed by atoms with van der Waals surface area (Å²) in [7, 11) is 0. The molecule has 4 aromatic rings. The van der Waals surface area contributed by atoms with Gasteiger partial charge in [-0.3, -0.25) is 0 Å². The largest absolute Gasteiger partial charge is 0.0619 e. The maximum absolute atomic E-state index is 2.46. The first-order valence-corrected chi connectivity index (χ1v) is 11.3. The molecule has 0 saturated heterocycles. The number of benzene rings is 4. The van der Waals surface area contributed by atoms with Crippen LogP contribution in [0.3, 0.4) is 0 Å². The van der Waals surface area contributed by atoms with Gasteiger partial charge in [-0.2, -0.15) is 0 Å². The molecule has 0 saturated carbocycles. The molecule has 0 radical (unpaired) electrons. The second-order valence-corrected chi connectivity index (χ2v) is 10.3. The second kappa shape index (κ2) is 5.98. The third-order valence-corrected chi connectivity index (χ3v) is 7.82. The lowest BCUT2D eigenvalue weighted by Gasteiger charge is -2.23. The van der Waals surface area contributed by atoms with Gasteiger partial charge in [0, 0.05) is 10.8 Å². The highest BCUT2D eigenvalue weighted by molar-refractivity contribution is 5.88. The molecular weight excluding hydrogens is 372 g/mol. The van der Waals surface area contributed by atoms with Crippen LogP contribution in [0.4, 0.5) is 0 Å². The van der Waals surface area contributed by atoms with E-state index in [-0.39, 0.29) is 10.8 Å². The number of hydrogen-bond acceptors (Lipinski definition) is 0. The van der Waals surface area contributed by atoms with E-state index >= 15 is 0 Å². The van der Waals surface area contributed by atoms with Crippen LogP contribution in [0, 0.1) is 6.92 Å². The minimum atomic E-state index is 0.0275. The van der Waals surface area contributed by atoms with E-state index in [2.05, 4.69) is 113 Å². The Morgan fingerprint density at radius 1 is 0.452 bits per heavy atom. The van der Waals surface area contributed by atoms with Gasteiger partial charge < -0.3 is 0 Å². The van der Waals surface area contributed by atoms with Crippen LogP contribution in [0.1, 0.15) is 55.5 Å². The van der Waals surface area contributed by atoms with E-state index in [1.54, 1.807) is 0 Å². The lowest BCUT2D eigenvalue weighted by atomic mass is 9.80. The molecule has 0 aromatic heterocycles. The van der Waals surface area contributed by atoms with E-state index in [9.17, 15) is 0 Å². The van der Waals surface area contributed by atoms with Gasteiger partial charge in [0.2, 0.25) is 0 Å². The normalized spacial score (nSPS) is 16.4. The molecule has 0 heterocycles. The predicted molar refractivity (Wildman–Crippen MR) is 132 cm³/mol.